The van der Waals surface area contributed by atoms with Gasteiger partial charge < -0.3 is 10.2 Å². The van der Waals surface area contributed by atoms with Gasteiger partial charge >= 0.3 is 5.92 Å². The fourth-order valence-corrected chi connectivity index (χ4v) is 5.30. The van der Waals surface area contributed by atoms with E-state index in [1.807, 2.05) is 0 Å². The zero-order valence-corrected chi connectivity index (χ0v) is 15.6. The van der Waals surface area contributed by atoms with Crippen LogP contribution >= 0.6 is 0 Å². The number of aliphatic hydroxyl groups is 2. The van der Waals surface area contributed by atoms with E-state index < -0.39 is 48.0 Å². The third-order valence-electron chi connectivity index (χ3n) is 3.76. The summed E-state index contributed by atoms with van der Waals surface area (Å²) in [6.45, 7) is 0. The molecule has 0 amide bonds. The zero-order chi connectivity index (χ0) is 20.3. The first-order valence-electron chi connectivity index (χ1n) is 7.72. The Labute approximate surface area is 155 Å². The highest BCUT2D eigenvalue weighted by molar-refractivity contribution is 7.92. The molecule has 0 fully saturated rings. The van der Waals surface area contributed by atoms with Crippen LogP contribution in [0.25, 0.3) is 0 Å². The maximum Gasteiger partial charge on any atom is 0.327 e. The number of rotatable bonds is 8. The molecule has 0 aromatic heterocycles. The van der Waals surface area contributed by atoms with Gasteiger partial charge in [-0.1, -0.05) is 60.7 Å². The first kappa shape index (κ1) is 21.4. The Morgan fingerprint density at radius 1 is 0.704 bits per heavy atom. The number of sulfone groups is 2. The fourth-order valence-electron chi connectivity index (χ4n) is 2.37. The van der Waals surface area contributed by atoms with Crippen molar-refractivity contribution in [2.24, 2.45) is 0 Å². The molecule has 2 aromatic rings. The standard InChI is InChI=1S/C17H18F2O6S2/c18-17(19,15(20)26(22,23)11-13-7-3-1-4-8-13)16(21)27(24,25)12-14-9-5-2-6-10-14/h1-10,15-16,20-21H,11-12H2. The van der Waals surface area contributed by atoms with Gasteiger partial charge in [-0.25, -0.2) is 16.8 Å². The second-order valence-corrected chi connectivity index (χ2v) is 10.1. The smallest absolute Gasteiger partial charge is 0.327 e. The monoisotopic (exact) mass is 420 g/mol. The first-order chi connectivity index (χ1) is 12.5. The van der Waals surface area contributed by atoms with Crippen LogP contribution in [0.3, 0.4) is 0 Å². The van der Waals surface area contributed by atoms with E-state index >= 15 is 0 Å². The van der Waals surface area contributed by atoms with Crippen LogP contribution in [0.5, 0.6) is 0 Å². The van der Waals surface area contributed by atoms with Crippen LogP contribution in [-0.2, 0) is 31.2 Å². The number of halogens is 2. The van der Waals surface area contributed by atoms with Gasteiger partial charge in [0.15, 0.2) is 19.7 Å². The normalized spacial score (nSPS) is 15.3. The number of aliphatic hydroxyl groups excluding tert-OH is 2. The predicted molar refractivity (Wildman–Crippen MR) is 95.1 cm³/mol. The summed E-state index contributed by atoms with van der Waals surface area (Å²) < 4.78 is 77.1. The molecule has 0 bridgehead atoms. The minimum absolute atomic E-state index is 0.133. The van der Waals surface area contributed by atoms with Crippen molar-refractivity contribution < 1.29 is 35.8 Å². The van der Waals surface area contributed by atoms with Crippen LogP contribution in [-0.4, -0.2) is 43.8 Å². The summed E-state index contributed by atoms with van der Waals surface area (Å²) in [4.78, 5) is 0. The van der Waals surface area contributed by atoms with Crippen molar-refractivity contribution in [2.45, 2.75) is 28.3 Å². The molecule has 0 spiro atoms. The maximum absolute atomic E-state index is 14.3. The second kappa shape index (κ2) is 8.01. The Morgan fingerprint density at radius 3 is 1.30 bits per heavy atom. The second-order valence-electron chi connectivity index (χ2n) is 5.96. The Kier molecular flexibility index (Phi) is 6.35. The summed E-state index contributed by atoms with van der Waals surface area (Å²) in [7, 11) is -9.74. The van der Waals surface area contributed by atoms with Crippen molar-refractivity contribution >= 4 is 19.7 Å². The number of hydrogen-bond acceptors (Lipinski definition) is 6. The van der Waals surface area contributed by atoms with Crippen molar-refractivity contribution in [2.75, 3.05) is 0 Å². The molecule has 0 saturated carbocycles. The van der Waals surface area contributed by atoms with Gasteiger partial charge in [-0.15, -0.1) is 0 Å². The van der Waals surface area contributed by atoms with Crippen LogP contribution in [0, 0.1) is 0 Å². The van der Waals surface area contributed by atoms with E-state index in [0.29, 0.717) is 0 Å². The molecule has 2 rings (SSSR count). The van der Waals surface area contributed by atoms with Gasteiger partial charge in [-0.2, -0.15) is 8.78 Å². The molecule has 148 valence electrons. The molecule has 10 heteroatoms. The van der Waals surface area contributed by atoms with E-state index in [4.69, 9.17) is 0 Å². The number of hydrogen-bond donors (Lipinski definition) is 2. The van der Waals surface area contributed by atoms with Gasteiger partial charge in [0.1, 0.15) is 0 Å². The Morgan fingerprint density at radius 2 is 1.00 bits per heavy atom. The van der Waals surface area contributed by atoms with E-state index in [-0.39, 0.29) is 11.1 Å². The molecular formula is C17H18F2O6S2. The molecule has 0 heterocycles. The third kappa shape index (κ3) is 5.10. The predicted octanol–water partition coefficient (Wildman–Crippen LogP) is 1.49. The van der Waals surface area contributed by atoms with Gasteiger partial charge in [-0.05, 0) is 11.1 Å². The maximum atomic E-state index is 14.3. The quantitative estimate of drug-likeness (QED) is 0.670. The number of alkyl halides is 2. The molecule has 0 radical (unpaired) electrons. The fraction of sp³-hybridized carbons (Fsp3) is 0.294. The van der Waals surface area contributed by atoms with Gasteiger partial charge in [0.05, 0.1) is 11.5 Å². The molecule has 2 N–H and O–H groups in total. The van der Waals surface area contributed by atoms with Gasteiger partial charge in [0.2, 0.25) is 10.9 Å². The van der Waals surface area contributed by atoms with Gasteiger partial charge in [0.25, 0.3) is 0 Å². The van der Waals surface area contributed by atoms with E-state index in [1.54, 1.807) is 12.1 Å². The molecule has 2 unspecified atom stereocenters. The van der Waals surface area contributed by atoms with Crippen molar-refractivity contribution in [1.29, 1.82) is 0 Å². The van der Waals surface area contributed by atoms with E-state index in [9.17, 15) is 35.8 Å². The molecular weight excluding hydrogens is 402 g/mol. The van der Waals surface area contributed by atoms with Crippen molar-refractivity contribution in [3.8, 4) is 0 Å². The summed E-state index contributed by atoms with van der Waals surface area (Å²) in [5.41, 5.74) is -6.50. The Bertz CT molecular complexity index is 881. The minimum Gasteiger partial charge on any atom is -0.372 e. The van der Waals surface area contributed by atoms with Gasteiger partial charge in [0, 0.05) is 0 Å². The highest BCUT2D eigenvalue weighted by Gasteiger charge is 2.57. The zero-order valence-electron chi connectivity index (χ0n) is 13.9. The molecule has 27 heavy (non-hydrogen) atoms. The van der Waals surface area contributed by atoms with Crippen LogP contribution in [0.4, 0.5) is 8.78 Å². The molecule has 0 aliphatic heterocycles. The molecule has 0 saturated heterocycles. The van der Waals surface area contributed by atoms with Crippen LogP contribution < -0.4 is 0 Å². The molecule has 0 aliphatic rings. The number of benzene rings is 2. The van der Waals surface area contributed by atoms with E-state index in [1.165, 1.54) is 48.5 Å². The summed E-state index contributed by atoms with van der Waals surface area (Å²) in [6, 6.07) is 14.5. The molecule has 2 atom stereocenters. The van der Waals surface area contributed by atoms with Crippen LogP contribution in [0.1, 0.15) is 11.1 Å². The molecule has 6 nitrogen and oxygen atoms in total. The van der Waals surface area contributed by atoms with E-state index in [0.717, 1.165) is 0 Å². The van der Waals surface area contributed by atoms with E-state index in [2.05, 4.69) is 0 Å². The lowest BCUT2D eigenvalue weighted by Crippen LogP contribution is -2.52. The lowest BCUT2D eigenvalue weighted by Gasteiger charge is -2.26. The van der Waals surface area contributed by atoms with Crippen molar-refractivity contribution in [3.05, 3.63) is 71.8 Å². The molecule has 2 aromatic carbocycles. The largest absolute Gasteiger partial charge is 0.372 e. The van der Waals surface area contributed by atoms with Gasteiger partial charge in [-0.3, -0.25) is 0 Å². The topological polar surface area (TPSA) is 109 Å². The summed E-state index contributed by atoms with van der Waals surface area (Å²) >= 11 is 0. The lowest BCUT2D eigenvalue weighted by molar-refractivity contribution is -0.121. The third-order valence-corrected chi connectivity index (χ3v) is 7.22. The summed E-state index contributed by atoms with van der Waals surface area (Å²) in [6.07, 6.45) is 0. The Hall–Kier alpha value is -1.88. The average Bonchev–Trinajstić information content (AvgIpc) is 2.61. The van der Waals surface area contributed by atoms with Crippen LogP contribution in [0.15, 0.2) is 60.7 Å². The van der Waals surface area contributed by atoms with Crippen molar-refractivity contribution in [1.82, 2.24) is 0 Å². The highest BCUT2D eigenvalue weighted by Crippen LogP contribution is 2.32. The lowest BCUT2D eigenvalue weighted by atomic mass is 10.2. The first-order valence-corrected chi connectivity index (χ1v) is 11.1. The summed E-state index contributed by atoms with van der Waals surface area (Å²) in [5, 5.41) is 19.4. The Balaban J connectivity index is 2.24. The average molecular weight is 420 g/mol. The molecule has 0 aliphatic carbocycles. The SMILES string of the molecule is O=S(=O)(Cc1ccccc1)C(O)C(F)(F)C(O)S(=O)(=O)Cc1ccccc1. The minimum atomic E-state index is -4.87. The highest BCUT2D eigenvalue weighted by atomic mass is 32.2. The summed E-state index contributed by atoms with van der Waals surface area (Å²) in [5.74, 6) is -6.69. The van der Waals surface area contributed by atoms with Crippen molar-refractivity contribution in [3.63, 3.8) is 0 Å². The van der Waals surface area contributed by atoms with Crippen LogP contribution in [0.2, 0.25) is 0 Å².